The largest absolute Gasteiger partial charge is 0.462 e. The Bertz CT molecular complexity index is 921. The number of carbonyl (C=O) groups is 1. The fraction of sp³-hybridized carbons (Fsp3) is 0.118. The molecule has 0 aliphatic heterocycles. The monoisotopic (exact) mass is 363 g/mol. The standard InChI is InChI=1S/C17H12F3N3O3/c1-25-16(24)15-23-22-14(26-15)12-4-2-3-5-13(12)21-11-8-6-10(7-9-11)17(18,19)20/h2-9,21H,1H3. The van der Waals surface area contributed by atoms with Gasteiger partial charge in [0.25, 0.3) is 5.89 Å². The fourth-order valence-electron chi connectivity index (χ4n) is 2.18. The van der Waals surface area contributed by atoms with E-state index in [1.165, 1.54) is 19.2 Å². The molecule has 0 fully saturated rings. The minimum absolute atomic E-state index is 0.0698. The van der Waals surface area contributed by atoms with Crippen molar-refractivity contribution in [1.29, 1.82) is 0 Å². The molecule has 0 aliphatic carbocycles. The second kappa shape index (κ2) is 6.87. The molecular weight excluding hydrogens is 351 g/mol. The van der Waals surface area contributed by atoms with E-state index < -0.39 is 17.7 Å². The molecule has 2 aromatic carbocycles. The van der Waals surface area contributed by atoms with Crippen molar-refractivity contribution >= 4 is 17.3 Å². The summed E-state index contributed by atoms with van der Waals surface area (Å²) in [5, 5.41) is 10.4. The van der Waals surface area contributed by atoms with Crippen molar-refractivity contribution in [1.82, 2.24) is 10.2 Å². The number of anilines is 2. The van der Waals surface area contributed by atoms with Crippen LogP contribution in [0.1, 0.15) is 16.2 Å². The van der Waals surface area contributed by atoms with E-state index in [9.17, 15) is 18.0 Å². The molecule has 1 N–H and O–H groups in total. The summed E-state index contributed by atoms with van der Waals surface area (Å²) in [6.45, 7) is 0. The summed E-state index contributed by atoms with van der Waals surface area (Å²) in [5.41, 5.74) is 0.705. The Hall–Kier alpha value is -3.36. The van der Waals surface area contributed by atoms with Crippen molar-refractivity contribution < 1.29 is 27.1 Å². The maximum absolute atomic E-state index is 12.6. The third kappa shape index (κ3) is 3.66. The van der Waals surface area contributed by atoms with Gasteiger partial charge in [0.2, 0.25) is 0 Å². The fourth-order valence-corrected chi connectivity index (χ4v) is 2.18. The summed E-state index contributed by atoms with van der Waals surface area (Å²) in [7, 11) is 1.19. The van der Waals surface area contributed by atoms with Gasteiger partial charge in [-0.05, 0) is 36.4 Å². The third-order valence-corrected chi connectivity index (χ3v) is 3.43. The second-order valence-corrected chi connectivity index (χ2v) is 5.15. The Morgan fingerprint density at radius 2 is 1.77 bits per heavy atom. The van der Waals surface area contributed by atoms with Gasteiger partial charge in [0.15, 0.2) is 0 Å². The van der Waals surface area contributed by atoms with Crippen molar-refractivity contribution in [3.63, 3.8) is 0 Å². The lowest BCUT2D eigenvalue weighted by Crippen LogP contribution is -2.04. The molecule has 0 atom stereocenters. The molecule has 0 spiro atoms. The third-order valence-electron chi connectivity index (χ3n) is 3.43. The zero-order chi connectivity index (χ0) is 18.7. The summed E-state index contributed by atoms with van der Waals surface area (Å²) in [4.78, 5) is 11.4. The van der Waals surface area contributed by atoms with Crippen molar-refractivity contribution in [2.45, 2.75) is 6.18 Å². The molecule has 0 amide bonds. The Kier molecular flexibility index (Phi) is 4.61. The molecule has 9 heteroatoms. The van der Waals surface area contributed by atoms with Crippen LogP contribution in [0.25, 0.3) is 11.5 Å². The number of alkyl halides is 3. The minimum atomic E-state index is -4.40. The number of hydrogen-bond acceptors (Lipinski definition) is 6. The lowest BCUT2D eigenvalue weighted by molar-refractivity contribution is -0.137. The number of rotatable bonds is 4. The topological polar surface area (TPSA) is 77.2 Å². The number of hydrogen-bond donors (Lipinski definition) is 1. The molecule has 1 aromatic heterocycles. The van der Waals surface area contributed by atoms with E-state index in [1.54, 1.807) is 24.3 Å². The van der Waals surface area contributed by atoms with Gasteiger partial charge in [-0.2, -0.15) is 13.2 Å². The first-order valence-electron chi connectivity index (χ1n) is 7.34. The van der Waals surface area contributed by atoms with E-state index in [2.05, 4.69) is 20.3 Å². The van der Waals surface area contributed by atoms with Gasteiger partial charge in [-0.1, -0.05) is 12.1 Å². The first-order valence-corrected chi connectivity index (χ1v) is 7.34. The molecule has 0 bridgehead atoms. The smallest absolute Gasteiger partial charge is 0.416 e. The van der Waals surface area contributed by atoms with E-state index in [-0.39, 0.29) is 11.8 Å². The number of nitrogens with one attached hydrogen (secondary N) is 1. The number of carbonyl (C=O) groups excluding carboxylic acids is 1. The van der Waals surface area contributed by atoms with E-state index in [0.717, 1.165) is 12.1 Å². The SMILES string of the molecule is COC(=O)c1nnc(-c2ccccc2Nc2ccc(C(F)(F)F)cc2)o1. The van der Waals surface area contributed by atoms with Crippen LogP contribution >= 0.6 is 0 Å². The van der Waals surface area contributed by atoms with E-state index >= 15 is 0 Å². The minimum Gasteiger partial charge on any atom is -0.462 e. The summed E-state index contributed by atoms with van der Waals surface area (Å²) < 4.78 is 47.7. The van der Waals surface area contributed by atoms with E-state index in [4.69, 9.17) is 4.42 Å². The molecule has 0 unspecified atom stereocenters. The van der Waals surface area contributed by atoms with Gasteiger partial charge in [0.05, 0.1) is 23.9 Å². The molecule has 0 radical (unpaired) electrons. The van der Waals surface area contributed by atoms with Crippen LogP contribution in [-0.2, 0) is 10.9 Å². The summed E-state index contributed by atoms with van der Waals surface area (Å²) in [5.74, 6) is -0.996. The van der Waals surface area contributed by atoms with Crippen molar-refractivity contribution in [3.8, 4) is 11.5 Å². The number of methoxy groups -OCH3 is 1. The summed E-state index contributed by atoms with van der Waals surface area (Å²) in [6.07, 6.45) is -4.40. The first-order chi connectivity index (χ1) is 12.4. The van der Waals surface area contributed by atoms with Crippen LogP contribution in [0, 0.1) is 0 Å². The van der Waals surface area contributed by atoms with Crippen molar-refractivity contribution in [3.05, 3.63) is 60.0 Å². The average molecular weight is 363 g/mol. The lowest BCUT2D eigenvalue weighted by Gasteiger charge is -2.11. The molecule has 0 saturated carbocycles. The average Bonchev–Trinajstić information content (AvgIpc) is 3.11. The second-order valence-electron chi connectivity index (χ2n) is 5.15. The zero-order valence-electron chi connectivity index (χ0n) is 13.4. The van der Waals surface area contributed by atoms with Crippen LogP contribution in [0.4, 0.5) is 24.5 Å². The normalized spacial score (nSPS) is 11.2. The molecule has 3 aromatic rings. The van der Waals surface area contributed by atoms with E-state index in [0.29, 0.717) is 16.9 Å². The van der Waals surface area contributed by atoms with Crippen molar-refractivity contribution in [2.24, 2.45) is 0 Å². The summed E-state index contributed by atoms with van der Waals surface area (Å²) in [6, 6.07) is 11.4. The molecule has 134 valence electrons. The number of esters is 1. The van der Waals surface area contributed by atoms with Gasteiger partial charge < -0.3 is 14.5 Å². The van der Waals surface area contributed by atoms with Crippen molar-refractivity contribution in [2.75, 3.05) is 12.4 Å². The highest BCUT2D eigenvalue weighted by Crippen LogP contribution is 2.32. The van der Waals surface area contributed by atoms with Gasteiger partial charge in [-0.15, -0.1) is 10.2 Å². The van der Waals surface area contributed by atoms with Crippen LogP contribution in [0.15, 0.2) is 52.9 Å². The number of ether oxygens (including phenoxy) is 1. The quantitative estimate of drug-likeness (QED) is 0.697. The zero-order valence-corrected chi connectivity index (χ0v) is 13.4. The Morgan fingerprint density at radius 1 is 1.08 bits per heavy atom. The predicted molar refractivity (Wildman–Crippen MR) is 85.8 cm³/mol. The van der Waals surface area contributed by atoms with Crippen LogP contribution < -0.4 is 5.32 Å². The van der Waals surface area contributed by atoms with Crippen LogP contribution in [0.5, 0.6) is 0 Å². The molecule has 1 heterocycles. The van der Waals surface area contributed by atoms with Gasteiger partial charge >= 0.3 is 18.0 Å². The number of halogens is 3. The highest BCUT2D eigenvalue weighted by atomic mass is 19.4. The van der Waals surface area contributed by atoms with Gasteiger partial charge in [0, 0.05) is 5.69 Å². The molecule has 0 saturated heterocycles. The lowest BCUT2D eigenvalue weighted by atomic mass is 10.1. The number of benzene rings is 2. The molecule has 26 heavy (non-hydrogen) atoms. The summed E-state index contributed by atoms with van der Waals surface area (Å²) >= 11 is 0. The molecule has 0 aliphatic rings. The molecule has 3 rings (SSSR count). The molecular formula is C17H12F3N3O3. The Balaban J connectivity index is 1.88. The number of nitrogens with zero attached hydrogens (tertiary/aromatic N) is 2. The predicted octanol–water partition coefficient (Wildman–Crippen LogP) is 4.29. The van der Waals surface area contributed by atoms with Crippen LogP contribution in [-0.4, -0.2) is 23.3 Å². The highest BCUT2D eigenvalue weighted by molar-refractivity contribution is 5.84. The van der Waals surface area contributed by atoms with E-state index in [1.807, 2.05) is 0 Å². The Labute approximate surface area is 145 Å². The Morgan fingerprint density at radius 3 is 2.42 bits per heavy atom. The first kappa shape index (κ1) is 17.5. The molecule has 6 nitrogen and oxygen atoms in total. The van der Waals surface area contributed by atoms with Gasteiger partial charge in [-0.25, -0.2) is 4.79 Å². The van der Waals surface area contributed by atoms with Gasteiger partial charge in [-0.3, -0.25) is 0 Å². The maximum Gasteiger partial charge on any atom is 0.416 e. The number of para-hydroxylation sites is 1. The van der Waals surface area contributed by atoms with Gasteiger partial charge in [0.1, 0.15) is 0 Å². The number of aromatic nitrogens is 2. The van der Waals surface area contributed by atoms with Crippen LogP contribution in [0.2, 0.25) is 0 Å². The maximum atomic E-state index is 12.6. The highest BCUT2D eigenvalue weighted by Gasteiger charge is 2.30. The van der Waals surface area contributed by atoms with Crippen LogP contribution in [0.3, 0.4) is 0 Å².